The first kappa shape index (κ1) is 27.4. The van der Waals surface area contributed by atoms with Gasteiger partial charge in [-0.15, -0.1) is 0 Å². The van der Waals surface area contributed by atoms with Crippen LogP contribution in [0.5, 0.6) is 0 Å². The van der Waals surface area contributed by atoms with Gasteiger partial charge in [0.2, 0.25) is 0 Å². The molecule has 2 unspecified atom stereocenters. The van der Waals surface area contributed by atoms with Crippen molar-refractivity contribution in [2.24, 2.45) is 0 Å². The monoisotopic (exact) mass is 427 g/mol. The van der Waals surface area contributed by atoms with E-state index < -0.39 is 13.7 Å². The summed E-state index contributed by atoms with van der Waals surface area (Å²) in [5.74, 6) is 2.39. The van der Waals surface area contributed by atoms with Crippen LogP contribution in [0.1, 0.15) is 84.5 Å². The van der Waals surface area contributed by atoms with Crippen molar-refractivity contribution in [3.63, 3.8) is 0 Å². The predicted octanol–water partition coefficient (Wildman–Crippen LogP) is 4.49. The van der Waals surface area contributed by atoms with Gasteiger partial charge in [-0.05, 0) is 24.2 Å². The Balaban J connectivity index is 3.48. The van der Waals surface area contributed by atoms with Crippen molar-refractivity contribution in [3.8, 4) is 0 Å². The molecule has 0 aliphatic heterocycles. The summed E-state index contributed by atoms with van der Waals surface area (Å²) in [6, 6.07) is 0. The molecular formula is C20H44O5PS+. The van der Waals surface area contributed by atoms with Gasteiger partial charge in [0, 0.05) is 13.0 Å². The Labute approximate surface area is 170 Å². The third kappa shape index (κ3) is 21.0. The first-order valence-electron chi connectivity index (χ1n) is 10.8. The minimum Gasteiger partial charge on any atom is -0.386 e. The zero-order chi connectivity index (χ0) is 20.4. The molecule has 0 saturated heterocycles. The van der Waals surface area contributed by atoms with E-state index in [1.165, 1.54) is 57.8 Å². The molecule has 0 heterocycles. The summed E-state index contributed by atoms with van der Waals surface area (Å²) in [7, 11) is -3.88. The zero-order valence-electron chi connectivity index (χ0n) is 17.6. The second-order valence-corrected chi connectivity index (χ2v) is 11.7. The summed E-state index contributed by atoms with van der Waals surface area (Å²) in [4.78, 5) is 17.8. The van der Waals surface area contributed by atoms with Gasteiger partial charge in [-0.3, -0.25) is 4.57 Å². The molecular weight excluding hydrogens is 383 g/mol. The topological polar surface area (TPSA) is 87.0 Å². The number of aliphatic hydroxyl groups excluding tert-OH is 1. The van der Waals surface area contributed by atoms with E-state index >= 15 is 0 Å². The highest BCUT2D eigenvalue weighted by Crippen LogP contribution is 2.35. The Bertz CT molecular complexity index is 364. The molecule has 0 bridgehead atoms. The summed E-state index contributed by atoms with van der Waals surface area (Å²) < 4.78 is 16.5. The summed E-state index contributed by atoms with van der Waals surface area (Å²) in [6.07, 6.45) is 13.0. The smallest absolute Gasteiger partial charge is 0.325 e. The first-order valence-corrected chi connectivity index (χ1v) is 14.4. The normalized spacial score (nSPS) is 14.4. The van der Waals surface area contributed by atoms with Crippen molar-refractivity contribution in [3.05, 3.63) is 0 Å². The molecule has 0 rings (SSSR count). The average Bonchev–Trinajstić information content (AvgIpc) is 2.60. The molecule has 3 N–H and O–H groups in total. The van der Waals surface area contributed by atoms with Crippen molar-refractivity contribution in [2.75, 3.05) is 36.6 Å². The molecule has 0 aliphatic carbocycles. The van der Waals surface area contributed by atoms with E-state index in [0.29, 0.717) is 25.4 Å². The number of unbranched alkanes of at least 4 members (excludes halogenated alkanes) is 9. The van der Waals surface area contributed by atoms with Crippen LogP contribution in [0.15, 0.2) is 0 Å². The maximum atomic E-state index is 10.9. The van der Waals surface area contributed by atoms with Gasteiger partial charge >= 0.3 is 7.60 Å². The largest absolute Gasteiger partial charge is 0.386 e. The second-order valence-electron chi connectivity index (χ2n) is 7.42. The third-order valence-corrected chi connectivity index (χ3v) is 8.11. The summed E-state index contributed by atoms with van der Waals surface area (Å²) in [5, 5.41) is 10.1. The molecule has 0 saturated carbocycles. The first-order chi connectivity index (χ1) is 12.9. The Hall–Kier alpha value is 0.420. The quantitative estimate of drug-likeness (QED) is 0.151. The minimum atomic E-state index is -3.89. The predicted molar refractivity (Wildman–Crippen MR) is 118 cm³/mol. The maximum absolute atomic E-state index is 10.9. The fraction of sp³-hybridized carbons (Fsp3) is 1.00. The fourth-order valence-electron chi connectivity index (χ4n) is 3.05. The lowest BCUT2D eigenvalue weighted by molar-refractivity contribution is 0.0465. The van der Waals surface area contributed by atoms with E-state index in [1.807, 2.05) is 0 Å². The van der Waals surface area contributed by atoms with E-state index in [2.05, 4.69) is 13.8 Å². The summed E-state index contributed by atoms with van der Waals surface area (Å²) in [6.45, 7) is 5.41. The maximum Gasteiger partial charge on any atom is 0.325 e. The lowest BCUT2D eigenvalue weighted by Crippen LogP contribution is -2.29. The lowest BCUT2D eigenvalue weighted by atomic mass is 10.1. The van der Waals surface area contributed by atoms with Gasteiger partial charge in [0.15, 0.2) is 0 Å². The highest BCUT2D eigenvalue weighted by molar-refractivity contribution is 7.96. The fourth-order valence-corrected chi connectivity index (χ4v) is 5.72. The van der Waals surface area contributed by atoms with Crippen molar-refractivity contribution >= 4 is 18.5 Å². The van der Waals surface area contributed by atoms with Gasteiger partial charge in [0.25, 0.3) is 0 Å². The number of ether oxygens (including phenoxy) is 1. The standard InChI is InChI=1S/C20H43O5PS/c1-3-5-6-7-8-9-10-11-12-13-15-25-18-20(21)19-27(4-2)17-14-16-26(22,23)24/h20-21H,3-19H2,1-2H3,(H-,22,23,24)/p+1. The molecule has 2 atom stereocenters. The van der Waals surface area contributed by atoms with Crippen LogP contribution in [0.2, 0.25) is 0 Å². The molecule has 0 radical (unpaired) electrons. The third-order valence-electron chi connectivity index (χ3n) is 4.67. The van der Waals surface area contributed by atoms with Crippen LogP contribution < -0.4 is 0 Å². The van der Waals surface area contributed by atoms with Crippen LogP contribution in [0.4, 0.5) is 0 Å². The number of rotatable bonds is 20. The van der Waals surface area contributed by atoms with Gasteiger partial charge in [-0.25, -0.2) is 0 Å². The molecule has 0 aliphatic rings. The van der Waals surface area contributed by atoms with Crippen molar-refractivity contribution < 1.29 is 24.2 Å². The van der Waals surface area contributed by atoms with Gasteiger partial charge in [0.1, 0.15) is 23.4 Å². The molecule has 0 aromatic carbocycles. The number of hydrogen-bond acceptors (Lipinski definition) is 3. The van der Waals surface area contributed by atoms with E-state index in [-0.39, 0.29) is 17.1 Å². The summed E-state index contributed by atoms with van der Waals surface area (Å²) >= 11 is 0. The molecule has 0 spiro atoms. The van der Waals surface area contributed by atoms with Crippen LogP contribution in [-0.2, 0) is 20.2 Å². The van der Waals surface area contributed by atoms with Crippen LogP contribution in [0.3, 0.4) is 0 Å². The van der Waals surface area contributed by atoms with Gasteiger partial charge in [-0.2, -0.15) is 0 Å². The van der Waals surface area contributed by atoms with Crippen molar-refractivity contribution in [1.82, 2.24) is 0 Å². The Morgan fingerprint density at radius 3 is 1.96 bits per heavy atom. The van der Waals surface area contributed by atoms with Crippen LogP contribution in [0.25, 0.3) is 0 Å². The molecule has 0 aromatic heterocycles. The van der Waals surface area contributed by atoms with E-state index in [0.717, 1.165) is 17.9 Å². The highest BCUT2D eigenvalue weighted by atomic mass is 32.2. The van der Waals surface area contributed by atoms with E-state index in [1.54, 1.807) is 0 Å². The van der Waals surface area contributed by atoms with Crippen LogP contribution in [-0.4, -0.2) is 57.6 Å². The Kier molecular flexibility index (Phi) is 18.7. The minimum absolute atomic E-state index is 0.0143. The zero-order valence-corrected chi connectivity index (χ0v) is 19.3. The van der Waals surface area contributed by atoms with Gasteiger partial charge in [0.05, 0.1) is 12.8 Å². The molecule has 0 fully saturated rings. The van der Waals surface area contributed by atoms with Crippen molar-refractivity contribution in [1.29, 1.82) is 0 Å². The molecule has 0 aromatic rings. The number of hydrogen-bond donors (Lipinski definition) is 3. The van der Waals surface area contributed by atoms with E-state index in [9.17, 15) is 9.67 Å². The Morgan fingerprint density at radius 2 is 1.44 bits per heavy atom. The molecule has 164 valence electrons. The molecule has 27 heavy (non-hydrogen) atoms. The van der Waals surface area contributed by atoms with E-state index in [4.69, 9.17) is 14.5 Å². The van der Waals surface area contributed by atoms with Crippen LogP contribution >= 0.6 is 7.60 Å². The van der Waals surface area contributed by atoms with Crippen LogP contribution in [0, 0.1) is 0 Å². The average molecular weight is 428 g/mol. The molecule has 0 amide bonds. The molecule has 7 heteroatoms. The van der Waals surface area contributed by atoms with Crippen molar-refractivity contribution in [2.45, 2.75) is 90.6 Å². The number of aliphatic hydroxyl groups is 1. The highest BCUT2D eigenvalue weighted by Gasteiger charge is 2.23. The summed E-state index contributed by atoms with van der Waals surface area (Å²) in [5.41, 5.74) is 0. The SMILES string of the molecule is CCCCCCCCCCCCOCC(O)C[S+](CC)CCCP(=O)(O)O. The molecule has 5 nitrogen and oxygen atoms in total. The lowest BCUT2D eigenvalue weighted by Gasteiger charge is -2.13. The van der Waals surface area contributed by atoms with Gasteiger partial charge < -0.3 is 19.6 Å². The van der Waals surface area contributed by atoms with Gasteiger partial charge in [-0.1, -0.05) is 64.7 Å². The Morgan fingerprint density at radius 1 is 0.889 bits per heavy atom. The second kappa shape index (κ2) is 18.4.